The lowest BCUT2D eigenvalue weighted by molar-refractivity contribution is -0.116. The summed E-state index contributed by atoms with van der Waals surface area (Å²) in [5.74, 6) is -2.03. The smallest absolute Gasteiger partial charge is 0.341 e. The third-order valence-corrected chi connectivity index (χ3v) is 11.1. The molecule has 4 N–H and O–H groups in total. The SMILES string of the molecule is CCOC(=O)c1c(NC(=O)C(CC)Sc2cccc(NC(=O)/C(=C\c3ccc(C(C)C)cc3)NC(=O)c3ccccc3)c2)sc(C(=O)Nc2ccccc2)c1C. The predicted octanol–water partition coefficient (Wildman–Crippen LogP) is 9.53. The van der Waals surface area contributed by atoms with Crippen molar-refractivity contribution in [1.82, 2.24) is 5.32 Å². The third kappa shape index (κ3) is 10.8. The van der Waals surface area contributed by atoms with Crippen LogP contribution in [0.4, 0.5) is 16.4 Å². The normalized spacial score (nSPS) is 11.7. The first-order valence-electron chi connectivity index (χ1n) is 18.2. The second-order valence-electron chi connectivity index (χ2n) is 13.0. The van der Waals surface area contributed by atoms with Crippen molar-refractivity contribution < 1.29 is 28.7 Å². The molecule has 288 valence electrons. The van der Waals surface area contributed by atoms with E-state index in [1.165, 1.54) is 11.8 Å². The van der Waals surface area contributed by atoms with Crippen LogP contribution in [0, 0.1) is 6.92 Å². The third-order valence-electron chi connectivity index (χ3n) is 8.58. The highest BCUT2D eigenvalue weighted by Gasteiger charge is 2.29. The summed E-state index contributed by atoms with van der Waals surface area (Å²) in [5.41, 5.74) is 3.94. The second kappa shape index (κ2) is 19.6. The number of rotatable bonds is 15. The van der Waals surface area contributed by atoms with Gasteiger partial charge in [0.15, 0.2) is 0 Å². The Morgan fingerprint density at radius 2 is 1.43 bits per heavy atom. The zero-order valence-corrected chi connectivity index (χ0v) is 33.4. The average molecular weight is 789 g/mol. The first-order chi connectivity index (χ1) is 27.0. The van der Waals surface area contributed by atoms with E-state index in [-0.39, 0.29) is 33.7 Å². The lowest BCUT2D eigenvalue weighted by atomic mass is 10.0. The molecule has 0 bridgehead atoms. The summed E-state index contributed by atoms with van der Waals surface area (Å²) in [6.07, 6.45) is 2.06. The van der Waals surface area contributed by atoms with Crippen LogP contribution in [0.2, 0.25) is 0 Å². The van der Waals surface area contributed by atoms with Crippen LogP contribution in [-0.2, 0) is 14.3 Å². The number of nitrogens with one attached hydrogen (secondary N) is 4. The highest BCUT2D eigenvalue weighted by molar-refractivity contribution is 8.00. The Kier molecular flexibility index (Phi) is 14.4. The first kappa shape index (κ1) is 41.2. The van der Waals surface area contributed by atoms with Gasteiger partial charge in [-0.15, -0.1) is 23.1 Å². The summed E-state index contributed by atoms with van der Waals surface area (Å²) < 4.78 is 5.29. The molecule has 0 spiro atoms. The molecule has 4 aromatic carbocycles. The van der Waals surface area contributed by atoms with Crippen molar-refractivity contribution >= 4 is 75.1 Å². The van der Waals surface area contributed by atoms with Gasteiger partial charge in [0.05, 0.1) is 22.3 Å². The number of para-hydroxylation sites is 1. The van der Waals surface area contributed by atoms with Crippen LogP contribution < -0.4 is 21.3 Å². The Morgan fingerprint density at radius 3 is 2.07 bits per heavy atom. The fraction of sp³-hybridized carbons (Fsp3) is 0.205. The van der Waals surface area contributed by atoms with E-state index in [1.54, 1.807) is 86.7 Å². The Hall–Kier alpha value is -5.98. The molecule has 12 heteroatoms. The number of amides is 4. The van der Waals surface area contributed by atoms with Crippen LogP contribution in [-0.4, -0.2) is 41.5 Å². The van der Waals surface area contributed by atoms with E-state index in [2.05, 4.69) is 35.1 Å². The van der Waals surface area contributed by atoms with Gasteiger partial charge in [0.25, 0.3) is 17.7 Å². The quantitative estimate of drug-likeness (QED) is 0.0470. The van der Waals surface area contributed by atoms with Crippen LogP contribution in [0.25, 0.3) is 6.08 Å². The molecule has 56 heavy (non-hydrogen) atoms. The van der Waals surface area contributed by atoms with Crippen molar-refractivity contribution in [2.75, 3.05) is 22.6 Å². The molecule has 5 aromatic rings. The van der Waals surface area contributed by atoms with E-state index >= 15 is 0 Å². The minimum atomic E-state index is -0.639. The number of ether oxygens (including phenoxy) is 1. The Bertz CT molecular complexity index is 2220. The minimum Gasteiger partial charge on any atom is -0.462 e. The highest BCUT2D eigenvalue weighted by atomic mass is 32.2. The zero-order valence-electron chi connectivity index (χ0n) is 31.8. The van der Waals surface area contributed by atoms with Crippen molar-refractivity contribution in [2.24, 2.45) is 0 Å². The maximum absolute atomic E-state index is 13.8. The lowest BCUT2D eigenvalue weighted by Gasteiger charge is -2.16. The number of benzene rings is 4. The van der Waals surface area contributed by atoms with E-state index in [9.17, 15) is 24.0 Å². The molecular weight excluding hydrogens is 745 g/mol. The van der Waals surface area contributed by atoms with Crippen molar-refractivity contribution in [1.29, 1.82) is 0 Å². The average Bonchev–Trinajstić information content (AvgIpc) is 3.52. The van der Waals surface area contributed by atoms with Gasteiger partial charge in [0.2, 0.25) is 5.91 Å². The van der Waals surface area contributed by atoms with Gasteiger partial charge in [0, 0.05) is 21.8 Å². The minimum absolute atomic E-state index is 0.0560. The molecule has 1 heterocycles. The fourth-order valence-electron chi connectivity index (χ4n) is 5.59. The summed E-state index contributed by atoms with van der Waals surface area (Å²) in [7, 11) is 0. The summed E-state index contributed by atoms with van der Waals surface area (Å²) in [5, 5.41) is 11.0. The maximum atomic E-state index is 13.8. The van der Waals surface area contributed by atoms with Gasteiger partial charge in [-0.05, 0) is 91.4 Å². The molecule has 0 fully saturated rings. The van der Waals surface area contributed by atoms with Crippen molar-refractivity contribution in [3.05, 3.63) is 148 Å². The second-order valence-corrected chi connectivity index (χ2v) is 15.3. The van der Waals surface area contributed by atoms with Crippen molar-refractivity contribution in [2.45, 2.75) is 57.1 Å². The fourth-order valence-corrected chi connectivity index (χ4v) is 7.69. The number of anilines is 3. The van der Waals surface area contributed by atoms with E-state index in [0.717, 1.165) is 22.5 Å². The number of carbonyl (C=O) groups excluding carboxylic acids is 5. The first-order valence-corrected chi connectivity index (χ1v) is 19.9. The van der Waals surface area contributed by atoms with Gasteiger partial charge in [0.1, 0.15) is 10.7 Å². The van der Waals surface area contributed by atoms with E-state index in [1.807, 2.05) is 49.4 Å². The lowest BCUT2D eigenvalue weighted by Crippen LogP contribution is -2.30. The van der Waals surface area contributed by atoms with Crippen molar-refractivity contribution in [3.63, 3.8) is 0 Å². The van der Waals surface area contributed by atoms with E-state index < -0.39 is 28.9 Å². The Balaban J connectivity index is 1.33. The number of hydrogen-bond acceptors (Lipinski definition) is 8. The summed E-state index contributed by atoms with van der Waals surface area (Å²) in [4.78, 5) is 68.0. The maximum Gasteiger partial charge on any atom is 0.341 e. The summed E-state index contributed by atoms with van der Waals surface area (Å²) in [6, 6.07) is 32.4. The van der Waals surface area contributed by atoms with E-state index in [4.69, 9.17) is 4.74 Å². The summed E-state index contributed by atoms with van der Waals surface area (Å²) in [6.45, 7) is 9.53. The van der Waals surface area contributed by atoms with Gasteiger partial charge < -0.3 is 26.0 Å². The molecule has 4 amide bonds. The molecule has 1 atom stereocenters. The van der Waals surface area contributed by atoms with Crippen LogP contribution >= 0.6 is 23.1 Å². The molecule has 0 radical (unpaired) electrons. The number of thioether (sulfide) groups is 1. The van der Waals surface area contributed by atoms with E-state index in [0.29, 0.717) is 39.7 Å². The molecule has 1 unspecified atom stereocenters. The molecule has 10 nitrogen and oxygen atoms in total. The van der Waals surface area contributed by atoms with Gasteiger partial charge in [-0.1, -0.05) is 87.5 Å². The zero-order chi connectivity index (χ0) is 40.2. The molecule has 5 rings (SSSR count). The molecule has 0 aliphatic rings. The summed E-state index contributed by atoms with van der Waals surface area (Å²) >= 11 is 2.30. The van der Waals surface area contributed by atoms with Crippen LogP contribution in [0.3, 0.4) is 0 Å². The van der Waals surface area contributed by atoms with Gasteiger partial charge in [-0.25, -0.2) is 4.79 Å². The van der Waals surface area contributed by atoms with Crippen LogP contribution in [0.15, 0.2) is 120 Å². The van der Waals surface area contributed by atoms with Gasteiger partial charge in [-0.2, -0.15) is 0 Å². The molecule has 0 aliphatic carbocycles. The number of thiophene rings is 1. The molecular formula is C44H44N4O6S2. The molecule has 0 saturated heterocycles. The standard InChI is InChI=1S/C44H44N4O6S2/c1-6-36(41(51)48-43-37(44(53)54-7-2)28(5)38(56-43)42(52)45-32-17-12-9-13-18-32)55-34-20-14-19-33(26-34)46-40(50)35(47-39(49)31-15-10-8-11-16-31)25-29-21-23-30(24-22-29)27(3)4/h8-27,36H,6-7H2,1-5H3,(H,45,52)(H,46,50)(H,47,49)(H,48,51)/b35-25+. The topological polar surface area (TPSA) is 143 Å². The monoisotopic (exact) mass is 788 g/mol. The Morgan fingerprint density at radius 1 is 0.768 bits per heavy atom. The van der Waals surface area contributed by atoms with Crippen LogP contribution in [0.5, 0.6) is 0 Å². The largest absolute Gasteiger partial charge is 0.462 e. The Labute approximate surface area is 335 Å². The van der Waals surface area contributed by atoms with Crippen molar-refractivity contribution in [3.8, 4) is 0 Å². The number of carbonyl (C=O) groups is 5. The molecule has 0 aliphatic heterocycles. The predicted molar refractivity (Wildman–Crippen MR) is 225 cm³/mol. The number of esters is 1. The molecule has 0 saturated carbocycles. The van der Waals surface area contributed by atoms with Gasteiger partial charge in [-0.3, -0.25) is 19.2 Å². The molecule has 1 aromatic heterocycles. The highest BCUT2D eigenvalue weighted by Crippen LogP contribution is 2.36. The van der Waals surface area contributed by atoms with Gasteiger partial charge >= 0.3 is 5.97 Å². The van der Waals surface area contributed by atoms with Crippen LogP contribution in [0.1, 0.15) is 87.1 Å². The number of hydrogen-bond donors (Lipinski definition) is 4.